The van der Waals surface area contributed by atoms with Crippen LogP contribution in [0.25, 0.3) is 11.3 Å². The molecule has 0 amide bonds. The van der Waals surface area contributed by atoms with Crippen LogP contribution >= 0.6 is 15.9 Å². The third kappa shape index (κ3) is 1.90. The van der Waals surface area contributed by atoms with Crippen LogP contribution in [-0.4, -0.2) is 9.78 Å². The van der Waals surface area contributed by atoms with Gasteiger partial charge in [-0.15, -0.1) is 0 Å². The first kappa shape index (κ1) is 11.4. The van der Waals surface area contributed by atoms with Crippen molar-refractivity contribution in [2.24, 2.45) is 12.8 Å². The molecule has 0 saturated heterocycles. The van der Waals surface area contributed by atoms with Gasteiger partial charge in [0.15, 0.2) is 0 Å². The zero-order chi connectivity index (χ0) is 11.7. The van der Waals surface area contributed by atoms with Gasteiger partial charge in [-0.05, 0) is 19.1 Å². The third-order valence-electron chi connectivity index (χ3n) is 2.65. The minimum atomic E-state index is 0.515. The number of halogens is 1. The lowest BCUT2D eigenvalue weighted by atomic mass is 10.1. The average Bonchev–Trinajstić information content (AvgIpc) is 2.52. The Kier molecular flexibility index (Phi) is 3.12. The second kappa shape index (κ2) is 4.39. The molecule has 0 bridgehead atoms. The molecular formula is C12H14BrN3. The molecule has 0 radical (unpaired) electrons. The number of benzene rings is 1. The van der Waals surface area contributed by atoms with Crippen LogP contribution < -0.4 is 5.73 Å². The largest absolute Gasteiger partial charge is 0.326 e. The minimum Gasteiger partial charge on any atom is -0.326 e. The predicted octanol–water partition coefficient (Wildman–Crippen LogP) is 2.62. The normalized spacial score (nSPS) is 10.8. The van der Waals surface area contributed by atoms with Crippen LogP contribution in [0.3, 0.4) is 0 Å². The summed E-state index contributed by atoms with van der Waals surface area (Å²) in [5, 5.41) is 4.41. The fraction of sp³-hybridized carbons (Fsp3) is 0.250. The molecule has 2 rings (SSSR count). The minimum absolute atomic E-state index is 0.515. The highest BCUT2D eigenvalue weighted by molar-refractivity contribution is 9.10. The first-order chi connectivity index (χ1) is 7.63. The van der Waals surface area contributed by atoms with E-state index in [0.29, 0.717) is 6.54 Å². The van der Waals surface area contributed by atoms with Gasteiger partial charge in [-0.3, -0.25) is 4.68 Å². The van der Waals surface area contributed by atoms with Gasteiger partial charge < -0.3 is 5.73 Å². The molecule has 3 nitrogen and oxygen atoms in total. The SMILES string of the molecule is Cc1nn(C)c(-c2cccc(Br)c2)c1CN. The van der Waals surface area contributed by atoms with Gasteiger partial charge >= 0.3 is 0 Å². The summed E-state index contributed by atoms with van der Waals surface area (Å²) in [6.07, 6.45) is 0. The fourth-order valence-electron chi connectivity index (χ4n) is 1.94. The predicted molar refractivity (Wildman–Crippen MR) is 69.0 cm³/mol. The van der Waals surface area contributed by atoms with Gasteiger partial charge in [0.25, 0.3) is 0 Å². The monoisotopic (exact) mass is 279 g/mol. The Bertz CT molecular complexity index is 517. The third-order valence-corrected chi connectivity index (χ3v) is 3.14. The van der Waals surface area contributed by atoms with Gasteiger partial charge in [0.2, 0.25) is 0 Å². The molecule has 0 unspecified atom stereocenters. The number of nitrogens with zero attached hydrogens (tertiary/aromatic N) is 2. The molecule has 16 heavy (non-hydrogen) atoms. The maximum absolute atomic E-state index is 5.78. The number of nitrogens with two attached hydrogens (primary N) is 1. The highest BCUT2D eigenvalue weighted by Gasteiger charge is 2.13. The van der Waals surface area contributed by atoms with Gasteiger partial charge in [-0.2, -0.15) is 5.10 Å². The summed E-state index contributed by atoms with van der Waals surface area (Å²) in [7, 11) is 1.95. The molecule has 0 atom stereocenters. The topological polar surface area (TPSA) is 43.8 Å². The first-order valence-corrected chi connectivity index (χ1v) is 5.91. The average molecular weight is 280 g/mol. The molecule has 1 heterocycles. The Labute approximate surface area is 103 Å². The van der Waals surface area contributed by atoms with Gasteiger partial charge in [0, 0.05) is 29.2 Å². The summed E-state index contributed by atoms with van der Waals surface area (Å²) in [6.45, 7) is 2.51. The molecule has 0 aliphatic carbocycles. The van der Waals surface area contributed by atoms with E-state index in [1.165, 1.54) is 0 Å². The zero-order valence-electron chi connectivity index (χ0n) is 9.37. The molecule has 1 aromatic carbocycles. The van der Waals surface area contributed by atoms with Crippen molar-refractivity contribution in [1.82, 2.24) is 9.78 Å². The molecule has 0 saturated carbocycles. The standard InChI is InChI=1S/C12H14BrN3/c1-8-11(7-14)12(16(2)15-8)9-4-3-5-10(13)6-9/h3-6H,7,14H2,1-2H3. The number of hydrogen-bond donors (Lipinski definition) is 1. The zero-order valence-corrected chi connectivity index (χ0v) is 11.0. The molecule has 2 aromatic rings. The Morgan fingerprint density at radius 3 is 2.81 bits per heavy atom. The molecule has 4 heteroatoms. The number of rotatable bonds is 2. The van der Waals surface area contributed by atoms with E-state index in [1.807, 2.05) is 30.8 Å². The fourth-order valence-corrected chi connectivity index (χ4v) is 2.34. The number of aryl methyl sites for hydroxylation is 2. The van der Waals surface area contributed by atoms with Crippen molar-refractivity contribution in [3.05, 3.63) is 40.0 Å². The second-order valence-electron chi connectivity index (χ2n) is 3.75. The van der Waals surface area contributed by atoms with Crippen molar-refractivity contribution in [3.8, 4) is 11.3 Å². The lowest BCUT2D eigenvalue weighted by Gasteiger charge is -2.05. The summed E-state index contributed by atoms with van der Waals surface area (Å²) >= 11 is 3.48. The molecule has 0 aliphatic heterocycles. The van der Waals surface area contributed by atoms with E-state index < -0.39 is 0 Å². The van der Waals surface area contributed by atoms with Crippen LogP contribution in [0.4, 0.5) is 0 Å². The van der Waals surface area contributed by atoms with Crippen molar-refractivity contribution >= 4 is 15.9 Å². The van der Waals surface area contributed by atoms with E-state index in [0.717, 1.165) is 27.0 Å². The van der Waals surface area contributed by atoms with Gasteiger partial charge in [0.1, 0.15) is 0 Å². The molecule has 1 aromatic heterocycles. The highest BCUT2D eigenvalue weighted by atomic mass is 79.9. The summed E-state index contributed by atoms with van der Waals surface area (Å²) < 4.78 is 2.95. The Balaban J connectivity index is 2.63. The van der Waals surface area contributed by atoms with Gasteiger partial charge in [-0.1, -0.05) is 28.1 Å². The maximum atomic E-state index is 5.78. The number of hydrogen-bond acceptors (Lipinski definition) is 2. The summed E-state index contributed by atoms with van der Waals surface area (Å²) in [5.74, 6) is 0. The molecule has 0 aliphatic rings. The van der Waals surface area contributed by atoms with Crippen LogP contribution in [0.5, 0.6) is 0 Å². The quantitative estimate of drug-likeness (QED) is 0.919. The van der Waals surface area contributed by atoms with Crippen LogP contribution in [0, 0.1) is 6.92 Å². The van der Waals surface area contributed by atoms with Crippen LogP contribution in [0.15, 0.2) is 28.7 Å². The van der Waals surface area contributed by atoms with E-state index in [1.54, 1.807) is 0 Å². The lowest BCUT2D eigenvalue weighted by Crippen LogP contribution is -2.00. The summed E-state index contributed by atoms with van der Waals surface area (Å²) in [5.41, 5.74) is 10.1. The first-order valence-electron chi connectivity index (χ1n) is 5.12. The van der Waals surface area contributed by atoms with E-state index in [9.17, 15) is 0 Å². The van der Waals surface area contributed by atoms with E-state index in [-0.39, 0.29) is 0 Å². The Hall–Kier alpha value is -1.13. The van der Waals surface area contributed by atoms with Gasteiger partial charge in [-0.25, -0.2) is 0 Å². The van der Waals surface area contributed by atoms with Crippen LogP contribution in [-0.2, 0) is 13.6 Å². The molecular weight excluding hydrogens is 266 g/mol. The van der Waals surface area contributed by atoms with E-state index in [2.05, 4.69) is 33.2 Å². The maximum Gasteiger partial charge on any atom is 0.0727 e. The van der Waals surface area contributed by atoms with Gasteiger partial charge in [0.05, 0.1) is 11.4 Å². The van der Waals surface area contributed by atoms with Crippen LogP contribution in [0.2, 0.25) is 0 Å². The van der Waals surface area contributed by atoms with Crippen molar-refractivity contribution < 1.29 is 0 Å². The summed E-state index contributed by atoms with van der Waals surface area (Å²) in [6, 6.07) is 8.17. The molecule has 0 fully saturated rings. The smallest absolute Gasteiger partial charge is 0.0727 e. The highest BCUT2D eigenvalue weighted by Crippen LogP contribution is 2.27. The molecule has 84 valence electrons. The Morgan fingerprint density at radius 1 is 1.44 bits per heavy atom. The van der Waals surface area contributed by atoms with Crippen LogP contribution in [0.1, 0.15) is 11.3 Å². The van der Waals surface area contributed by atoms with Crippen molar-refractivity contribution in [2.75, 3.05) is 0 Å². The molecule has 0 spiro atoms. The van der Waals surface area contributed by atoms with E-state index >= 15 is 0 Å². The van der Waals surface area contributed by atoms with Crippen molar-refractivity contribution in [1.29, 1.82) is 0 Å². The molecule has 2 N–H and O–H groups in total. The second-order valence-corrected chi connectivity index (χ2v) is 4.67. The van der Waals surface area contributed by atoms with E-state index in [4.69, 9.17) is 5.73 Å². The lowest BCUT2D eigenvalue weighted by molar-refractivity contribution is 0.764. The Morgan fingerprint density at radius 2 is 2.19 bits per heavy atom. The van der Waals surface area contributed by atoms with Crippen molar-refractivity contribution in [2.45, 2.75) is 13.5 Å². The van der Waals surface area contributed by atoms with Crippen molar-refractivity contribution in [3.63, 3.8) is 0 Å². The summed E-state index contributed by atoms with van der Waals surface area (Å²) in [4.78, 5) is 0. The number of aromatic nitrogens is 2.